The van der Waals surface area contributed by atoms with Crippen molar-refractivity contribution < 1.29 is 14.3 Å². The van der Waals surface area contributed by atoms with E-state index in [-0.39, 0.29) is 5.78 Å². The van der Waals surface area contributed by atoms with E-state index in [0.717, 1.165) is 16.3 Å². The number of ether oxygens (including phenoxy) is 2. The molecule has 0 aliphatic carbocycles. The monoisotopic (exact) mass is 318 g/mol. The van der Waals surface area contributed by atoms with Crippen molar-refractivity contribution >= 4 is 22.6 Å². The summed E-state index contributed by atoms with van der Waals surface area (Å²) in [5, 5.41) is 2.27. The summed E-state index contributed by atoms with van der Waals surface area (Å²) in [5.41, 5.74) is 1.54. The molecule has 0 aliphatic heterocycles. The zero-order valence-electron chi connectivity index (χ0n) is 13.7. The summed E-state index contributed by atoms with van der Waals surface area (Å²) in [5.74, 6) is 1.09. The Bertz CT molecular complexity index is 882. The van der Waals surface area contributed by atoms with Crippen LogP contribution >= 0.6 is 0 Å². The van der Waals surface area contributed by atoms with Gasteiger partial charge in [-0.15, -0.1) is 0 Å². The van der Waals surface area contributed by atoms with Crippen LogP contribution in [0.4, 0.5) is 0 Å². The molecule has 0 unspecified atom stereocenters. The van der Waals surface area contributed by atoms with Crippen LogP contribution in [0.1, 0.15) is 15.9 Å². The molecule has 3 aromatic carbocycles. The highest BCUT2D eigenvalue weighted by molar-refractivity contribution is 6.08. The van der Waals surface area contributed by atoms with Gasteiger partial charge in [0.15, 0.2) is 5.78 Å². The maximum Gasteiger partial charge on any atom is 0.186 e. The Morgan fingerprint density at radius 2 is 1.54 bits per heavy atom. The Morgan fingerprint density at radius 1 is 0.875 bits per heavy atom. The van der Waals surface area contributed by atoms with Crippen LogP contribution in [0.2, 0.25) is 0 Å². The standard InChI is InChI=1S/C21H18O3/c1-23-18-12-17(13-19(14-18)24-2)21(22)11-10-16-8-5-7-15-6-3-4-9-20(15)16/h3-14H,1-2H3/b11-10+. The van der Waals surface area contributed by atoms with Crippen LogP contribution in [0.15, 0.2) is 66.7 Å². The number of rotatable bonds is 5. The van der Waals surface area contributed by atoms with Crippen molar-refractivity contribution in [2.45, 2.75) is 0 Å². The molecule has 0 heterocycles. The van der Waals surface area contributed by atoms with Gasteiger partial charge in [0.25, 0.3) is 0 Å². The van der Waals surface area contributed by atoms with Crippen molar-refractivity contribution in [3.63, 3.8) is 0 Å². The first kappa shape index (κ1) is 15.8. The summed E-state index contributed by atoms with van der Waals surface area (Å²) in [4.78, 5) is 12.5. The number of allylic oxidation sites excluding steroid dienone is 1. The molecule has 0 radical (unpaired) electrons. The molecule has 120 valence electrons. The Labute approximate surface area is 141 Å². The predicted octanol–water partition coefficient (Wildman–Crippen LogP) is 4.75. The molecule has 3 nitrogen and oxygen atoms in total. The summed E-state index contributed by atoms with van der Waals surface area (Å²) >= 11 is 0. The first-order valence-electron chi connectivity index (χ1n) is 7.64. The van der Waals surface area contributed by atoms with E-state index in [4.69, 9.17) is 9.47 Å². The lowest BCUT2D eigenvalue weighted by atomic mass is 10.0. The first-order chi connectivity index (χ1) is 11.7. The van der Waals surface area contributed by atoms with E-state index in [2.05, 4.69) is 12.1 Å². The van der Waals surface area contributed by atoms with Crippen LogP contribution in [-0.2, 0) is 0 Å². The van der Waals surface area contributed by atoms with Crippen LogP contribution in [0.5, 0.6) is 11.5 Å². The van der Waals surface area contributed by atoms with Crippen molar-refractivity contribution in [2.24, 2.45) is 0 Å². The number of hydrogen-bond donors (Lipinski definition) is 0. The van der Waals surface area contributed by atoms with Crippen molar-refractivity contribution in [3.05, 3.63) is 77.9 Å². The van der Waals surface area contributed by atoms with Crippen LogP contribution in [0.25, 0.3) is 16.8 Å². The van der Waals surface area contributed by atoms with Gasteiger partial charge in [-0.3, -0.25) is 4.79 Å². The second-order valence-corrected chi connectivity index (χ2v) is 5.37. The summed E-state index contributed by atoms with van der Waals surface area (Å²) in [6.07, 6.45) is 3.42. The molecular weight excluding hydrogens is 300 g/mol. The number of carbonyl (C=O) groups is 1. The number of fused-ring (bicyclic) bond motifs is 1. The average molecular weight is 318 g/mol. The smallest absolute Gasteiger partial charge is 0.186 e. The molecule has 0 saturated heterocycles. The van der Waals surface area contributed by atoms with Gasteiger partial charge in [0, 0.05) is 11.6 Å². The molecule has 0 spiro atoms. The van der Waals surface area contributed by atoms with E-state index in [1.165, 1.54) is 0 Å². The second kappa shape index (κ2) is 7.01. The number of ketones is 1. The lowest BCUT2D eigenvalue weighted by molar-refractivity contribution is 0.104. The van der Waals surface area contributed by atoms with Gasteiger partial charge in [-0.2, -0.15) is 0 Å². The van der Waals surface area contributed by atoms with Crippen LogP contribution in [-0.4, -0.2) is 20.0 Å². The van der Waals surface area contributed by atoms with Gasteiger partial charge < -0.3 is 9.47 Å². The van der Waals surface area contributed by atoms with E-state index >= 15 is 0 Å². The number of carbonyl (C=O) groups excluding carboxylic acids is 1. The maximum absolute atomic E-state index is 12.5. The SMILES string of the molecule is COc1cc(OC)cc(C(=O)/C=C/c2cccc3ccccc23)c1. The van der Waals surface area contributed by atoms with Crippen molar-refractivity contribution in [1.29, 1.82) is 0 Å². The first-order valence-corrected chi connectivity index (χ1v) is 7.64. The Balaban J connectivity index is 1.93. The second-order valence-electron chi connectivity index (χ2n) is 5.37. The minimum Gasteiger partial charge on any atom is -0.497 e. The Morgan fingerprint density at radius 3 is 2.25 bits per heavy atom. The molecule has 0 amide bonds. The van der Waals surface area contributed by atoms with Gasteiger partial charge in [-0.25, -0.2) is 0 Å². The molecule has 3 heteroatoms. The summed E-state index contributed by atoms with van der Waals surface area (Å²) in [7, 11) is 3.13. The van der Waals surface area contributed by atoms with Gasteiger partial charge >= 0.3 is 0 Å². The molecular formula is C21H18O3. The maximum atomic E-state index is 12.5. The van der Waals surface area contributed by atoms with E-state index in [1.54, 1.807) is 38.5 Å². The van der Waals surface area contributed by atoms with Crippen LogP contribution in [0.3, 0.4) is 0 Å². The normalized spacial score (nSPS) is 10.9. The minimum atomic E-state index is -0.0971. The fourth-order valence-electron chi connectivity index (χ4n) is 2.61. The molecule has 0 aromatic heterocycles. The summed E-state index contributed by atoms with van der Waals surface area (Å²) in [6.45, 7) is 0. The topological polar surface area (TPSA) is 35.5 Å². The lowest BCUT2D eigenvalue weighted by Gasteiger charge is -2.06. The van der Waals surface area contributed by atoms with E-state index in [9.17, 15) is 4.79 Å². The van der Waals surface area contributed by atoms with E-state index in [1.807, 2.05) is 36.4 Å². The van der Waals surface area contributed by atoms with Gasteiger partial charge in [-0.1, -0.05) is 48.5 Å². The molecule has 3 aromatic rings. The fourth-order valence-corrected chi connectivity index (χ4v) is 2.61. The summed E-state index contributed by atoms with van der Waals surface area (Å²) < 4.78 is 10.4. The van der Waals surface area contributed by atoms with Crippen LogP contribution in [0, 0.1) is 0 Å². The molecule has 0 saturated carbocycles. The van der Waals surface area contributed by atoms with Crippen molar-refractivity contribution in [1.82, 2.24) is 0 Å². The molecule has 0 fully saturated rings. The average Bonchev–Trinajstić information content (AvgIpc) is 2.65. The van der Waals surface area contributed by atoms with Gasteiger partial charge in [0.1, 0.15) is 11.5 Å². The fraction of sp³-hybridized carbons (Fsp3) is 0.0952. The van der Waals surface area contributed by atoms with Crippen molar-refractivity contribution in [2.75, 3.05) is 14.2 Å². The Kier molecular flexibility index (Phi) is 4.62. The minimum absolute atomic E-state index is 0.0971. The Hall–Kier alpha value is -3.07. The number of hydrogen-bond acceptors (Lipinski definition) is 3. The number of benzene rings is 3. The largest absolute Gasteiger partial charge is 0.497 e. The highest BCUT2D eigenvalue weighted by Gasteiger charge is 2.07. The lowest BCUT2D eigenvalue weighted by Crippen LogP contribution is -1.97. The molecule has 24 heavy (non-hydrogen) atoms. The predicted molar refractivity (Wildman–Crippen MR) is 96.9 cm³/mol. The third-order valence-electron chi connectivity index (χ3n) is 3.87. The summed E-state index contributed by atoms with van der Waals surface area (Å²) in [6, 6.07) is 19.3. The van der Waals surface area contributed by atoms with Crippen LogP contribution < -0.4 is 9.47 Å². The van der Waals surface area contributed by atoms with E-state index in [0.29, 0.717) is 17.1 Å². The molecule has 0 atom stereocenters. The zero-order chi connectivity index (χ0) is 16.9. The van der Waals surface area contributed by atoms with Crippen molar-refractivity contribution in [3.8, 4) is 11.5 Å². The highest BCUT2D eigenvalue weighted by Crippen LogP contribution is 2.24. The third kappa shape index (κ3) is 3.30. The van der Waals surface area contributed by atoms with E-state index < -0.39 is 0 Å². The molecule has 0 aliphatic rings. The van der Waals surface area contributed by atoms with Gasteiger partial charge in [0.05, 0.1) is 14.2 Å². The third-order valence-corrected chi connectivity index (χ3v) is 3.87. The highest BCUT2D eigenvalue weighted by atomic mass is 16.5. The number of methoxy groups -OCH3 is 2. The molecule has 3 rings (SSSR count). The molecule has 0 N–H and O–H groups in total. The zero-order valence-corrected chi connectivity index (χ0v) is 13.7. The van der Waals surface area contributed by atoms with Gasteiger partial charge in [0.2, 0.25) is 0 Å². The van der Waals surface area contributed by atoms with Gasteiger partial charge in [-0.05, 0) is 34.5 Å². The molecule has 0 bridgehead atoms. The quantitative estimate of drug-likeness (QED) is 0.503.